The van der Waals surface area contributed by atoms with Crippen LogP contribution in [-0.2, 0) is 14.8 Å². The van der Waals surface area contributed by atoms with Gasteiger partial charge in [0.15, 0.2) is 0 Å². The van der Waals surface area contributed by atoms with Gasteiger partial charge in [-0.2, -0.15) is 0 Å². The van der Waals surface area contributed by atoms with E-state index in [2.05, 4.69) is 5.32 Å². The average molecular weight is 487 g/mol. The van der Waals surface area contributed by atoms with E-state index in [1.807, 2.05) is 13.8 Å². The monoisotopic (exact) mass is 486 g/mol. The minimum atomic E-state index is -3.78. The topological polar surface area (TPSA) is 84.9 Å². The summed E-state index contributed by atoms with van der Waals surface area (Å²) in [6, 6.07) is 9.41. The number of halogens is 2. The minimum Gasteiger partial charge on any atom is -0.497 e. The molecule has 1 unspecified atom stereocenters. The van der Waals surface area contributed by atoms with Crippen molar-refractivity contribution in [3.63, 3.8) is 0 Å². The van der Waals surface area contributed by atoms with Crippen molar-refractivity contribution < 1.29 is 22.7 Å². The molecule has 2 aromatic rings. The molecule has 1 aliphatic rings. The predicted octanol–water partition coefficient (Wildman–Crippen LogP) is 4.19. The molecule has 31 heavy (non-hydrogen) atoms. The molecule has 3 rings (SSSR count). The zero-order chi connectivity index (χ0) is 23.0. The lowest BCUT2D eigenvalue weighted by atomic mass is 9.89. The van der Waals surface area contributed by atoms with E-state index in [0.717, 1.165) is 16.1 Å². The van der Waals surface area contributed by atoms with E-state index in [1.165, 1.54) is 18.2 Å². The van der Waals surface area contributed by atoms with Crippen molar-refractivity contribution in [2.45, 2.75) is 31.9 Å². The number of rotatable bonds is 6. The number of hydrogen-bond acceptors (Lipinski definition) is 5. The normalized spacial score (nSPS) is 17.3. The van der Waals surface area contributed by atoms with Crippen LogP contribution >= 0.6 is 23.2 Å². The lowest BCUT2D eigenvalue weighted by Crippen LogP contribution is -2.45. The van der Waals surface area contributed by atoms with E-state index >= 15 is 0 Å². The first-order chi connectivity index (χ1) is 14.4. The van der Waals surface area contributed by atoms with Crippen molar-refractivity contribution in [1.29, 1.82) is 0 Å². The summed E-state index contributed by atoms with van der Waals surface area (Å²) in [6.07, 6.45) is 1.52. The number of nitrogens with zero attached hydrogens (tertiary/aromatic N) is 1. The van der Waals surface area contributed by atoms with Crippen molar-refractivity contribution in [2.24, 2.45) is 0 Å². The van der Waals surface area contributed by atoms with Crippen LogP contribution in [0.2, 0.25) is 10.0 Å². The first-order valence-electron chi connectivity index (χ1n) is 9.49. The SMILES string of the molecule is COc1ccc2c(c1)C(NC(=O)CN(c1ccc(Cl)cc1Cl)S(C)(=O)=O)CC(C)(C)O2. The summed E-state index contributed by atoms with van der Waals surface area (Å²) in [7, 11) is -2.22. The van der Waals surface area contributed by atoms with Gasteiger partial charge in [-0.05, 0) is 50.2 Å². The summed E-state index contributed by atoms with van der Waals surface area (Å²) in [4.78, 5) is 12.9. The van der Waals surface area contributed by atoms with E-state index in [0.29, 0.717) is 22.9 Å². The minimum absolute atomic E-state index is 0.132. The van der Waals surface area contributed by atoms with Crippen LogP contribution in [0.15, 0.2) is 36.4 Å². The van der Waals surface area contributed by atoms with Gasteiger partial charge in [-0.1, -0.05) is 23.2 Å². The Kier molecular flexibility index (Phi) is 6.64. The van der Waals surface area contributed by atoms with Crippen LogP contribution in [0, 0.1) is 0 Å². The first-order valence-corrected chi connectivity index (χ1v) is 12.1. The highest BCUT2D eigenvalue weighted by molar-refractivity contribution is 7.92. The molecule has 1 amide bonds. The zero-order valence-corrected chi connectivity index (χ0v) is 19.9. The molecule has 0 radical (unpaired) electrons. The van der Waals surface area contributed by atoms with Gasteiger partial charge in [0, 0.05) is 17.0 Å². The maximum atomic E-state index is 12.9. The Bertz CT molecular complexity index is 1100. The van der Waals surface area contributed by atoms with E-state index in [4.69, 9.17) is 32.7 Å². The van der Waals surface area contributed by atoms with Gasteiger partial charge in [-0.25, -0.2) is 8.42 Å². The number of fused-ring (bicyclic) bond motifs is 1. The molecule has 0 spiro atoms. The number of amides is 1. The fourth-order valence-electron chi connectivity index (χ4n) is 3.52. The summed E-state index contributed by atoms with van der Waals surface area (Å²) in [5.74, 6) is 0.794. The van der Waals surface area contributed by atoms with Crippen LogP contribution in [0.3, 0.4) is 0 Å². The molecule has 0 saturated heterocycles. The van der Waals surface area contributed by atoms with Crippen LogP contribution in [-0.4, -0.2) is 39.8 Å². The molecule has 0 aliphatic carbocycles. The van der Waals surface area contributed by atoms with Crippen LogP contribution in [0.1, 0.15) is 31.9 Å². The zero-order valence-electron chi connectivity index (χ0n) is 17.6. The Balaban J connectivity index is 1.88. The highest BCUT2D eigenvalue weighted by Crippen LogP contribution is 2.41. The molecular weight excluding hydrogens is 463 g/mol. The maximum Gasteiger partial charge on any atom is 0.241 e. The maximum absolute atomic E-state index is 12.9. The number of ether oxygens (including phenoxy) is 2. The van der Waals surface area contributed by atoms with Gasteiger partial charge in [0.05, 0.1) is 30.1 Å². The summed E-state index contributed by atoms with van der Waals surface area (Å²) >= 11 is 12.1. The lowest BCUT2D eigenvalue weighted by Gasteiger charge is -2.38. The molecular formula is C21H24Cl2N2O5S. The number of anilines is 1. The Hall–Kier alpha value is -2.16. The second-order valence-corrected chi connectivity index (χ2v) is 10.7. The summed E-state index contributed by atoms with van der Waals surface area (Å²) < 4.78 is 37.1. The molecule has 1 heterocycles. The number of benzene rings is 2. The lowest BCUT2D eigenvalue weighted by molar-refractivity contribution is -0.120. The second kappa shape index (κ2) is 8.76. The predicted molar refractivity (Wildman–Crippen MR) is 122 cm³/mol. The molecule has 0 fully saturated rings. The molecule has 168 valence electrons. The molecule has 1 atom stereocenters. The summed E-state index contributed by atoms with van der Waals surface area (Å²) in [5.41, 5.74) is 0.427. The Morgan fingerprint density at radius 1 is 1.26 bits per heavy atom. The summed E-state index contributed by atoms with van der Waals surface area (Å²) in [6.45, 7) is 3.42. The molecule has 0 aromatic heterocycles. The molecule has 7 nitrogen and oxygen atoms in total. The van der Waals surface area contributed by atoms with Gasteiger partial charge < -0.3 is 14.8 Å². The van der Waals surface area contributed by atoms with Crippen molar-refractivity contribution in [1.82, 2.24) is 5.32 Å². The molecule has 2 aromatic carbocycles. The first kappa shape index (κ1) is 23.5. The van der Waals surface area contributed by atoms with E-state index in [9.17, 15) is 13.2 Å². The second-order valence-electron chi connectivity index (χ2n) is 7.96. The van der Waals surface area contributed by atoms with Crippen LogP contribution < -0.4 is 19.1 Å². The molecule has 1 aliphatic heterocycles. The van der Waals surface area contributed by atoms with E-state index < -0.39 is 28.1 Å². The van der Waals surface area contributed by atoms with Crippen LogP contribution in [0.4, 0.5) is 5.69 Å². The Labute approximate surface area is 192 Å². The highest BCUT2D eigenvalue weighted by atomic mass is 35.5. The number of sulfonamides is 1. The van der Waals surface area contributed by atoms with Gasteiger partial charge in [0.2, 0.25) is 15.9 Å². The van der Waals surface area contributed by atoms with Crippen molar-refractivity contribution in [3.8, 4) is 11.5 Å². The van der Waals surface area contributed by atoms with Crippen molar-refractivity contribution in [3.05, 3.63) is 52.0 Å². The Morgan fingerprint density at radius 2 is 1.97 bits per heavy atom. The third kappa shape index (κ3) is 5.56. The van der Waals surface area contributed by atoms with E-state index in [1.54, 1.807) is 25.3 Å². The third-order valence-electron chi connectivity index (χ3n) is 4.88. The Morgan fingerprint density at radius 3 is 2.58 bits per heavy atom. The van der Waals surface area contributed by atoms with Crippen molar-refractivity contribution >= 4 is 44.8 Å². The van der Waals surface area contributed by atoms with Gasteiger partial charge in [0.25, 0.3) is 0 Å². The molecule has 0 saturated carbocycles. The van der Waals surface area contributed by atoms with Gasteiger partial charge in [0.1, 0.15) is 23.6 Å². The average Bonchev–Trinajstić information content (AvgIpc) is 2.65. The van der Waals surface area contributed by atoms with Gasteiger partial charge >= 0.3 is 0 Å². The van der Waals surface area contributed by atoms with Crippen LogP contribution in [0.5, 0.6) is 11.5 Å². The summed E-state index contributed by atoms with van der Waals surface area (Å²) in [5, 5.41) is 3.43. The number of carbonyl (C=O) groups excluding carboxylic acids is 1. The largest absolute Gasteiger partial charge is 0.497 e. The fraction of sp³-hybridized carbons (Fsp3) is 0.381. The van der Waals surface area contributed by atoms with Crippen molar-refractivity contribution in [2.75, 3.05) is 24.2 Å². The fourth-order valence-corrected chi connectivity index (χ4v) is 4.95. The number of nitrogens with one attached hydrogen (secondary N) is 1. The van der Waals surface area contributed by atoms with Gasteiger partial charge in [-0.3, -0.25) is 9.10 Å². The highest BCUT2D eigenvalue weighted by Gasteiger charge is 2.35. The third-order valence-corrected chi connectivity index (χ3v) is 6.54. The standard InChI is InChI=1S/C21H24Cl2N2O5S/c1-21(2)11-17(15-10-14(29-3)6-8-19(15)30-21)24-20(26)12-25(31(4,27)28)18-7-5-13(22)9-16(18)23/h5-10,17H,11-12H2,1-4H3,(H,24,26). The molecule has 0 bridgehead atoms. The number of hydrogen-bond donors (Lipinski definition) is 1. The van der Waals surface area contributed by atoms with Crippen LogP contribution in [0.25, 0.3) is 0 Å². The number of carbonyl (C=O) groups is 1. The quantitative estimate of drug-likeness (QED) is 0.661. The smallest absolute Gasteiger partial charge is 0.241 e. The molecule has 10 heteroatoms. The number of methoxy groups -OCH3 is 1. The molecule has 1 N–H and O–H groups in total. The van der Waals surface area contributed by atoms with Gasteiger partial charge in [-0.15, -0.1) is 0 Å². The van der Waals surface area contributed by atoms with E-state index in [-0.39, 0.29) is 16.8 Å².